The Hall–Kier alpha value is -5.08. The summed E-state index contributed by atoms with van der Waals surface area (Å²) in [5.74, 6) is 0. The third kappa shape index (κ3) is 14.0. The molecule has 7 unspecified atom stereocenters. The van der Waals surface area contributed by atoms with Gasteiger partial charge in [-0.05, 0) is 33.4 Å². The van der Waals surface area contributed by atoms with E-state index in [4.69, 9.17) is 47.4 Å². The van der Waals surface area contributed by atoms with Crippen LogP contribution in [0.4, 0.5) is 0 Å². The molecular formula is C55H60O10. The van der Waals surface area contributed by atoms with Crippen molar-refractivity contribution in [2.45, 2.75) is 101 Å². The Labute approximate surface area is 383 Å². The molecule has 0 N–H and O–H groups in total. The van der Waals surface area contributed by atoms with Gasteiger partial charge in [-0.2, -0.15) is 0 Å². The zero-order chi connectivity index (χ0) is 44.3. The zero-order valence-electron chi connectivity index (χ0n) is 37.0. The van der Waals surface area contributed by atoms with Gasteiger partial charge in [0.2, 0.25) is 0 Å². The van der Waals surface area contributed by atoms with E-state index >= 15 is 0 Å². The van der Waals surface area contributed by atoms with Crippen molar-refractivity contribution >= 4 is 0 Å². The lowest BCUT2D eigenvalue weighted by atomic mass is 9.97. The normalized spacial score (nSPS) is 24.4. The zero-order valence-corrected chi connectivity index (χ0v) is 37.0. The molecule has 0 spiro atoms. The van der Waals surface area contributed by atoms with E-state index in [1.54, 1.807) is 7.11 Å². The molecule has 0 bridgehead atoms. The van der Waals surface area contributed by atoms with Crippen LogP contribution in [0.15, 0.2) is 182 Å². The minimum atomic E-state index is -0.797. The van der Waals surface area contributed by atoms with Crippen LogP contribution in [0.1, 0.15) is 39.8 Å². The molecule has 0 aromatic heterocycles. The molecule has 0 radical (unpaired) electrons. The van der Waals surface area contributed by atoms with Crippen molar-refractivity contribution in [1.82, 2.24) is 0 Å². The molecule has 8 rings (SSSR count). The molecule has 10 nitrogen and oxygen atoms in total. The van der Waals surface area contributed by atoms with Gasteiger partial charge in [-0.15, -0.1) is 0 Å². The van der Waals surface area contributed by atoms with Gasteiger partial charge in [0.15, 0.2) is 12.6 Å². The van der Waals surface area contributed by atoms with Crippen LogP contribution in [0.2, 0.25) is 0 Å². The van der Waals surface area contributed by atoms with E-state index in [1.807, 2.05) is 158 Å². The molecule has 6 aromatic rings. The predicted molar refractivity (Wildman–Crippen MR) is 246 cm³/mol. The Bertz CT molecular complexity index is 2190. The lowest BCUT2D eigenvalue weighted by Gasteiger charge is -2.48. The minimum Gasteiger partial charge on any atom is -0.374 e. The standard InChI is InChI=1S/C55H60O10/c1-56-55-54(62-38-46-30-18-7-19-31-46)53(61-37-45-28-16-6-17-29-45)52(49(64-55)40-58-34-42-22-10-3-11-23-42)65-50-32-47(59-35-43-24-12-4-13-25-43)51(60-36-44-26-14-5-15-27-44)48(63-50)39-57-33-41-20-8-2-9-21-41/h2-31,47-55H,32-40H2,1H3/t47-,48?,49?,50+,51?,52?,53?,54?,55?/m1/s1. The maximum absolute atomic E-state index is 7.23. The second-order valence-electron chi connectivity index (χ2n) is 16.3. The first-order valence-corrected chi connectivity index (χ1v) is 22.5. The summed E-state index contributed by atoms with van der Waals surface area (Å²) in [7, 11) is 1.62. The molecule has 2 saturated heterocycles. The average Bonchev–Trinajstić information content (AvgIpc) is 3.36. The van der Waals surface area contributed by atoms with E-state index in [-0.39, 0.29) is 13.2 Å². The van der Waals surface area contributed by atoms with Crippen LogP contribution < -0.4 is 0 Å². The summed E-state index contributed by atoms with van der Waals surface area (Å²) in [6.07, 6.45) is -5.51. The third-order valence-corrected chi connectivity index (χ3v) is 11.6. The SMILES string of the molecule is COC1OC(COCc2ccccc2)C(O[C@H]2C[C@@H](OCc3ccccc3)C(OCc3ccccc3)C(COCc3ccccc3)O2)C(OCc2ccccc2)C1OCc1ccccc1. The summed E-state index contributed by atoms with van der Waals surface area (Å²) in [6, 6.07) is 60.5. The molecule has 0 saturated carbocycles. The highest BCUT2D eigenvalue weighted by molar-refractivity contribution is 5.18. The number of rotatable bonds is 23. The minimum absolute atomic E-state index is 0.184. The van der Waals surface area contributed by atoms with Crippen LogP contribution in [-0.2, 0) is 87.0 Å². The molecular weight excluding hydrogens is 821 g/mol. The number of methoxy groups -OCH3 is 1. The van der Waals surface area contributed by atoms with Crippen molar-refractivity contribution in [2.75, 3.05) is 20.3 Å². The molecule has 0 amide bonds. The number of ether oxygens (including phenoxy) is 10. The van der Waals surface area contributed by atoms with E-state index in [0.29, 0.717) is 46.1 Å². The van der Waals surface area contributed by atoms with Crippen LogP contribution in [0.3, 0.4) is 0 Å². The summed E-state index contributed by atoms with van der Waals surface area (Å²) < 4.78 is 67.1. The van der Waals surface area contributed by atoms with Gasteiger partial charge in [-0.25, -0.2) is 0 Å². The maximum Gasteiger partial charge on any atom is 0.186 e. The Morgan fingerprint density at radius 3 is 1.15 bits per heavy atom. The fourth-order valence-electron chi connectivity index (χ4n) is 8.21. The van der Waals surface area contributed by atoms with Crippen molar-refractivity contribution in [2.24, 2.45) is 0 Å². The highest BCUT2D eigenvalue weighted by Gasteiger charge is 2.51. The van der Waals surface area contributed by atoms with Gasteiger partial charge in [0.25, 0.3) is 0 Å². The maximum atomic E-state index is 7.23. The summed E-state index contributed by atoms with van der Waals surface area (Å²) in [5.41, 5.74) is 6.19. The molecule has 6 aromatic carbocycles. The second kappa shape index (κ2) is 25.0. The van der Waals surface area contributed by atoms with E-state index < -0.39 is 55.3 Å². The number of hydrogen-bond donors (Lipinski definition) is 0. The van der Waals surface area contributed by atoms with Crippen LogP contribution in [0.5, 0.6) is 0 Å². The Morgan fingerprint density at radius 1 is 0.385 bits per heavy atom. The van der Waals surface area contributed by atoms with Gasteiger partial charge in [-0.3, -0.25) is 0 Å². The second-order valence-corrected chi connectivity index (χ2v) is 16.3. The van der Waals surface area contributed by atoms with Crippen molar-refractivity contribution in [3.8, 4) is 0 Å². The molecule has 2 aliphatic rings. The molecule has 9 atom stereocenters. The van der Waals surface area contributed by atoms with E-state index in [0.717, 1.165) is 33.4 Å². The van der Waals surface area contributed by atoms with Crippen LogP contribution in [0.25, 0.3) is 0 Å². The Morgan fingerprint density at radius 2 is 0.738 bits per heavy atom. The Balaban J connectivity index is 1.10. The van der Waals surface area contributed by atoms with Crippen molar-refractivity contribution in [3.63, 3.8) is 0 Å². The van der Waals surface area contributed by atoms with Crippen molar-refractivity contribution in [3.05, 3.63) is 215 Å². The molecule has 65 heavy (non-hydrogen) atoms. The van der Waals surface area contributed by atoms with Crippen LogP contribution >= 0.6 is 0 Å². The highest BCUT2D eigenvalue weighted by Crippen LogP contribution is 2.35. The van der Waals surface area contributed by atoms with Gasteiger partial charge in [0.1, 0.15) is 36.6 Å². The van der Waals surface area contributed by atoms with Gasteiger partial charge in [-0.1, -0.05) is 182 Å². The largest absolute Gasteiger partial charge is 0.374 e. The average molecular weight is 881 g/mol. The van der Waals surface area contributed by atoms with Gasteiger partial charge in [0, 0.05) is 13.5 Å². The third-order valence-electron chi connectivity index (χ3n) is 11.6. The van der Waals surface area contributed by atoms with Crippen molar-refractivity contribution in [1.29, 1.82) is 0 Å². The van der Waals surface area contributed by atoms with E-state index in [2.05, 4.69) is 24.3 Å². The number of benzene rings is 6. The topological polar surface area (TPSA) is 92.3 Å². The van der Waals surface area contributed by atoms with Crippen LogP contribution in [0, 0.1) is 0 Å². The number of hydrogen-bond acceptors (Lipinski definition) is 10. The molecule has 340 valence electrons. The summed E-state index contributed by atoms with van der Waals surface area (Å²) in [6.45, 7) is 2.53. The van der Waals surface area contributed by atoms with Crippen LogP contribution in [-0.4, -0.2) is 75.6 Å². The quantitative estimate of drug-likeness (QED) is 0.0620. The van der Waals surface area contributed by atoms with Crippen molar-refractivity contribution < 1.29 is 47.4 Å². The molecule has 2 fully saturated rings. The molecule has 10 heteroatoms. The summed E-state index contributed by atoms with van der Waals surface area (Å²) in [4.78, 5) is 0. The van der Waals surface area contributed by atoms with Gasteiger partial charge in [0.05, 0.1) is 59.0 Å². The Kier molecular flexibility index (Phi) is 17.9. The molecule has 2 heterocycles. The van der Waals surface area contributed by atoms with E-state index in [9.17, 15) is 0 Å². The smallest absolute Gasteiger partial charge is 0.186 e. The van der Waals surface area contributed by atoms with Gasteiger partial charge >= 0.3 is 0 Å². The lowest BCUT2D eigenvalue weighted by molar-refractivity contribution is -0.355. The highest BCUT2D eigenvalue weighted by atomic mass is 16.7. The fourth-order valence-corrected chi connectivity index (χ4v) is 8.21. The predicted octanol–water partition coefficient (Wildman–Crippen LogP) is 9.63. The lowest BCUT2D eigenvalue weighted by Crippen LogP contribution is -2.63. The van der Waals surface area contributed by atoms with Gasteiger partial charge < -0.3 is 47.4 Å². The fraction of sp³-hybridized carbons (Fsp3) is 0.345. The monoisotopic (exact) mass is 880 g/mol. The first kappa shape index (κ1) is 46.4. The summed E-state index contributed by atoms with van der Waals surface area (Å²) >= 11 is 0. The first-order chi connectivity index (χ1) is 32.2. The molecule has 0 aliphatic carbocycles. The molecule has 2 aliphatic heterocycles. The first-order valence-electron chi connectivity index (χ1n) is 22.5. The van der Waals surface area contributed by atoms with E-state index in [1.165, 1.54) is 0 Å². The summed E-state index contributed by atoms with van der Waals surface area (Å²) in [5, 5.41) is 0.